The lowest BCUT2D eigenvalue weighted by Gasteiger charge is -2.06. The third-order valence-electron chi connectivity index (χ3n) is 2.47. The van der Waals surface area contributed by atoms with E-state index in [1.807, 2.05) is 7.05 Å². The molecule has 0 aliphatic carbocycles. The number of benzene rings is 1. The van der Waals surface area contributed by atoms with Crippen LogP contribution in [0.25, 0.3) is 0 Å². The Bertz CT molecular complexity index is 534. The van der Waals surface area contributed by atoms with Gasteiger partial charge in [0.15, 0.2) is 0 Å². The normalized spacial score (nSPS) is 11.8. The fraction of sp³-hybridized carbons (Fsp3) is 0.333. The number of hydrogen-bond acceptors (Lipinski definition) is 4. The molecule has 3 nitrogen and oxygen atoms in total. The first kappa shape index (κ1) is 14.0. The minimum Gasteiger partial charge on any atom is -0.313 e. The van der Waals surface area contributed by atoms with Crippen molar-refractivity contribution in [2.24, 2.45) is 0 Å². The van der Waals surface area contributed by atoms with Crippen molar-refractivity contribution in [2.45, 2.75) is 19.1 Å². The molecule has 0 atom stereocenters. The van der Waals surface area contributed by atoms with Crippen molar-refractivity contribution in [2.75, 3.05) is 7.05 Å². The lowest BCUT2D eigenvalue weighted by Crippen LogP contribution is -2.04. The van der Waals surface area contributed by atoms with Crippen molar-refractivity contribution in [1.82, 2.24) is 15.5 Å². The van der Waals surface area contributed by atoms with Gasteiger partial charge in [0.25, 0.3) is 0 Å². The monoisotopic (exact) mass is 287 g/mol. The van der Waals surface area contributed by atoms with Gasteiger partial charge in [0.1, 0.15) is 10.0 Å². The van der Waals surface area contributed by atoms with Crippen molar-refractivity contribution >= 4 is 11.3 Å². The van der Waals surface area contributed by atoms with Gasteiger partial charge in [-0.3, -0.25) is 0 Å². The number of rotatable bonds is 4. The van der Waals surface area contributed by atoms with E-state index in [0.717, 1.165) is 27.7 Å². The molecule has 7 heteroatoms. The number of hydrogen-bond donors (Lipinski definition) is 1. The standard InChI is InChI=1S/C12H12F3N3S/c1-16-7-11-18-17-10(19-11)6-8-2-4-9(5-3-8)12(13,14)15/h2-5,16H,6-7H2,1H3. The average Bonchev–Trinajstić information content (AvgIpc) is 2.77. The molecule has 0 aliphatic rings. The second-order valence-electron chi connectivity index (χ2n) is 3.99. The van der Waals surface area contributed by atoms with Crippen LogP contribution in [0.2, 0.25) is 0 Å². The second-order valence-corrected chi connectivity index (χ2v) is 5.14. The fourth-order valence-corrected chi connectivity index (χ4v) is 2.46. The van der Waals surface area contributed by atoms with Gasteiger partial charge in [-0.2, -0.15) is 13.2 Å². The topological polar surface area (TPSA) is 37.8 Å². The Hall–Kier alpha value is -1.47. The Balaban J connectivity index is 2.06. The molecule has 1 aromatic heterocycles. The first-order valence-electron chi connectivity index (χ1n) is 5.61. The summed E-state index contributed by atoms with van der Waals surface area (Å²) in [5, 5.41) is 12.6. The van der Waals surface area contributed by atoms with E-state index in [9.17, 15) is 13.2 Å². The first-order chi connectivity index (χ1) is 8.99. The van der Waals surface area contributed by atoms with Gasteiger partial charge in [0, 0.05) is 13.0 Å². The molecule has 0 unspecified atom stereocenters. The zero-order chi connectivity index (χ0) is 13.9. The van der Waals surface area contributed by atoms with E-state index < -0.39 is 11.7 Å². The Kier molecular flexibility index (Phi) is 4.16. The summed E-state index contributed by atoms with van der Waals surface area (Å²) in [7, 11) is 1.82. The molecule has 0 fully saturated rings. The number of nitrogens with one attached hydrogen (secondary N) is 1. The predicted octanol–water partition coefficient (Wildman–Crippen LogP) is 2.87. The largest absolute Gasteiger partial charge is 0.416 e. The molecule has 102 valence electrons. The summed E-state index contributed by atoms with van der Waals surface area (Å²) in [5.74, 6) is 0. The number of halogens is 3. The lowest BCUT2D eigenvalue weighted by atomic mass is 10.1. The molecule has 0 radical (unpaired) electrons. The highest BCUT2D eigenvalue weighted by Gasteiger charge is 2.29. The third kappa shape index (κ3) is 3.74. The minimum atomic E-state index is -4.29. The first-order valence-corrected chi connectivity index (χ1v) is 6.42. The predicted molar refractivity (Wildman–Crippen MR) is 66.9 cm³/mol. The summed E-state index contributed by atoms with van der Waals surface area (Å²) in [5.41, 5.74) is 0.157. The van der Waals surface area contributed by atoms with E-state index in [2.05, 4.69) is 15.5 Å². The molecule has 0 bridgehead atoms. The summed E-state index contributed by atoms with van der Waals surface area (Å²) in [6, 6.07) is 5.12. The van der Waals surface area contributed by atoms with Crippen molar-refractivity contribution in [1.29, 1.82) is 0 Å². The quantitative estimate of drug-likeness (QED) is 0.939. The van der Waals surface area contributed by atoms with Gasteiger partial charge >= 0.3 is 6.18 Å². The molecule has 2 rings (SSSR count). The molecule has 0 saturated heterocycles. The smallest absolute Gasteiger partial charge is 0.313 e. The highest BCUT2D eigenvalue weighted by atomic mass is 32.1. The maximum atomic E-state index is 12.4. The van der Waals surface area contributed by atoms with Crippen LogP contribution in [0.1, 0.15) is 21.1 Å². The van der Waals surface area contributed by atoms with Crippen LogP contribution >= 0.6 is 11.3 Å². The maximum absolute atomic E-state index is 12.4. The number of nitrogens with zero attached hydrogens (tertiary/aromatic N) is 2. The Morgan fingerprint density at radius 1 is 1.11 bits per heavy atom. The van der Waals surface area contributed by atoms with E-state index >= 15 is 0 Å². The summed E-state index contributed by atoms with van der Waals surface area (Å²) < 4.78 is 37.2. The highest BCUT2D eigenvalue weighted by molar-refractivity contribution is 7.11. The van der Waals surface area contributed by atoms with E-state index in [1.165, 1.54) is 23.5 Å². The van der Waals surface area contributed by atoms with Gasteiger partial charge < -0.3 is 5.32 Å². The van der Waals surface area contributed by atoms with E-state index in [1.54, 1.807) is 0 Å². The SMILES string of the molecule is CNCc1nnc(Cc2ccc(C(F)(F)F)cc2)s1. The Labute approximate surface area is 112 Å². The molecular weight excluding hydrogens is 275 g/mol. The average molecular weight is 287 g/mol. The van der Waals surface area contributed by atoms with Gasteiger partial charge in [0.2, 0.25) is 0 Å². The highest BCUT2D eigenvalue weighted by Crippen LogP contribution is 2.29. The molecule has 2 aromatic rings. The third-order valence-corrected chi connectivity index (χ3v) is 3.40. The van der Waals surface area contributed by atoms with Crippen LogP contribution in [0.4, 0.5) is 13.2 Å². The summed E-state index contributed by atoms with van der Waals surface area (Å²) in [4.78, 5) is 0. The molecule has 1 N–H and O–H groups in total. The fourth-order valence-electron chi connectivity index (χ4n) is 1.57. The van der Waals surface area contributed by atoms with Gasteiger partial charge in [-0.1, -0.05) is 23.5 Å². The molecule has 0 saturated carbocycles. The molecule has 1 aromatic carbocycles. The molecule has 0 spiro atoms. The molecule has 0 aliphatic heterocycles. The van der Waals surface area contributed by atoms with Gasteiger partial charge in [-0.25, -0.2) is 0 Å². The van der Waals surface area contributed by atoms with E-state index in [4.69, 9.17) is 0 Å². The van der Waals surface area contributed by atoms with Crippen LogP contribution in [0.15, 0.2) is 24.3 Å². The van der Waals surface area contributed by atoms with Crippen molar-refractivity contribution in [3.05, 3.63) is 45.4 Å². The Morgan fingerprint density at radius 2 is 1.74 bits per heavy atom. The van der Waals surface area contributed by atoms with Crippen LogP contribution < -0.4 is 5.32 Å². The van der Waals surface area contributed by atoms with E-state index in [-0.39, 0.29) is 0 Å². The van der Waals surface area contributed by atoms with Gasteiger partial charge in [-0.15, -0.1) is 10.2 Å². The van der Waals surface area contributed by atoms with Crippen molar-refractivity contribution < 1.29 is 13.2 Å². The number of aromatic nitrogens is 2. The molecule has 19 heavy (non-hydrogen) atoms. The summed E-state index contributed by atoms with van der Waals surface area (Å²) >= 11 is 1.46. The zero-order valence-electron chi connectivity index (χ0n) is 10.2. The second kappa shape index (κ2) is 5.66. The lowest BCUT2D eigenvalue weighted by molar-refractivity contribution is -0.137. The van der Waals surface area contributed by atoms with Crippen LogP contribution in [-0.2, 0) is 19.1 Å². The maximum Gasteiger partial charge on any atom is 0.416 e. The van der Waals surface area contributed by atoms with Crippen LogP contribution in [0, 0.1) is 0 Å². The van der Waals surface area contributed by atoms with Crippen molar-refractivity contribution in [3.63, 3.8) is 0 Å². The van der Waals surface area contributed by atoms with E-state index in [0.29, 0.717) is 13.0 Å². The summed E-state index contributed by atoms with van der Waals surface area (Å²) in [6.07, 6.45) is -3.79. The number of alkyl halides is 3. The van der Waals surface area contributed by atoms with Crippen LogP contribution in [0.5, 0.6) is 0 Å². The minimum absolute atomic E-state index is 0.500. The molecular formula is C12H12F3N3S. The molecule has 0 amide bonds. The van der Waals surface area contributed by atoms with Crippen molar-refractivity contribution in [3.8, 4) is 0 Å². The Morgan fingerprint density at radius 3 is 2.32 bits per heavy atom. The van der Waals surface area contributed by atoms with Crippen LogP contribution in [-0.4, -0.2) is 17.2 Å². The zero-order valence-corrected chi connectivity index (χ0v) is 11.0. The van der Waals surface area contributed by atoms with Crippen LogP contribution in [0.3, 0.4) is 0 Å². The summed E-state index contributed by atoms with van der Waals surface area (Å²) in [6.45, 7) is 0.644. The van der Waals surface area contributed by atoms with Gasteiger partial charge in [0.05, 0.1) is 5.56 Å². The molecule has 1 heterocycles. The van der Waals surface area contributed by atoms with Gasteiger partial charge in [-0.05, 0) is 24.7 Å².